The van der Waals surface area contributed by atoms with Gasteiger partial charge in [0.1, 0.15) is 5.60 Å². The third-order valence-electron chi connectivity index (χ3n) is 5.42. The van der Waals surface area contributed by atoms with Crippen LogP contribution in [0.3, 0.4) is 0 Å². The molecule has 0 aromatic carbocycles. The van der Waals surface area contributed by atoms with Crippen molar-refractivity contribution in [2.75, 3.05) is 0 Å². The molecule has 0 radical (unpaired) electrons. The van der Waals surface area contributed by atoms with E-state index in [-0.39, 0.29) is 17.5 Å². The second kappa shape index (κ2) is 4.47. The molecule has 0 saturated heterocycles. The number of aliphatic hydroxyl groups is 1. The first-order valence-corrected chi connectivity index (χ1v) is 7.89. The number of esters is 1. The molecule has 0 heterocycles. The third-order valence-corrected chi connectivity index (χ3v) is 5.42. The molecule has 3 atom stereocenters. The lowest BCUT2D eigenvalue weighted by atomic mass is 9.52. The highest BCUT2D eigenvalue weighted by atomic mass is 16.6. The summed E-state index contributed by atoms with van der Waals surface area (Å²) in [5, 5.41) is 10.6. The molecule has 4 saturated carbocycles. The van der Waals surface area contributed by atoms with E-state index in [1.165, 1.54) is 6.42 Å². The standard InChI is InChI=1S/C16H26O3/c1-3-4-11(2)14(17)19-16-8-12-5-13(9-16)7-15(18,6-12)10-16/h11-13,18H,3-10H2,1-2H3. The SMILES string of the molecule is CCCC(C)C(=O)OC12CC3CC(CC(O)(C3)C1)C2. The van der Waals surface area contributed by atoms with E-state index in [1.54, 1.807) is 0 Å². The molecule has 3 heteroatoms. The summed E-state index contributed by atoms with van der Waals surface area (Å²) < 4.78 is 5.93. The first-order chi connectivity index (χ1) is 8.94. The molecule has 108 valence electrons. The summed E-state index contributed by atoms with van der Waals surface area (Å²) in [6, 6.07) is 0. The van der Waals surface area contributed by atoms with E-state index in [1.807, 2.05) is 6.92 Å². The largest absolute Gasteiger partial charge is 0.459 e. The van der Waals surface area contributed by atoms with Gasteiger partial charge in [-0.05, 0) is 50.4 Å². The molecule has 0 aromatic rings. The first kappa shape index (κ1) is 13.4. The van der Waals surface area contributed by atoms with Crippen LogP contribution in [-0.2, 0) is 9.53 Å². The highest BCUT2D eigenvalue weighted by Crippen LogP contribution is 2.58. The van der Waals surface area contributed by atoms with Crippen molar-refractivity contribution in [1.82, 2.24) is 0 Å². The van der Waals surface area contributed by atoms with E-state index < -0.39 is 5.60 Å². The van der Waals surface area contributed by atoms with Gasteiger partial charge in [-0.1, -0.05) is 20.3 Å². The molecule has 4 aliphatic carbocycles. The summed E-state index contributed by atoms with van der Waals surface area (Å²) in [6.07, 6.45) is 7.63. The molecule has 3 unspecified atom stereocenters. The summed E-state index contributed by atoms with van der Waals surface area (Å²) in [6.45, 7) is 4.05. The number of hydrogen-bond donors (Lipinski definition) is 1. The van der Waals surface area contributed by atoms with E-state index >= 15 is 0 Å². The van der Waals surface area contributed by atoms with Crippen LogP contribution in [-0.4, -0.2) is 22.3 Å². The van der Waals surface area contributed by atoms with Gasteiger partial charge in [0.05, 0.1) is 11.5 Å². The van der Waals surface area contributed by atoms with Crippen molar-refractivity contribution in [1.29, 1.82) is 0 Å². The quantitative estimate of drug-likeness (QED) is 0.796. The Bertz CT molecular complexity index is 362. The fourth-order valence-corrected chi connectivity index (χ4v) is 5.12. The minimum Gasteiger partial charge on any atom is -0.459 e. The van der Waals surface area contributed by atoms with Gasteiger partial charge in [-0.25, -0.2) is 0 Å². The summed E-state index contributed by atoms with van der Waals surface area (Å²) in [7, 11) is 0. The molecular weight excluding hydrogens is 240 g/mol. The zero-order chi connectivity index (χ0) is 13.7. The zero-order valence-corrected chi connectivity index (χ0v) is 12.2. The Kier molecular flexibility index (Phi) is 3.16. The molecule has 0 amide bonds. The summed E-state index contributed by atoms with van der Waals surface area (Å²) >= 11 is 0. The minimum atomic E-state index is -0.543. The molecule has 4 fully saturated rings. The van der Waals surface area contributed by atoms with Gasteiger partial charge in [-0.3, -0.25) is 4.79 Å². The molecule has 1 N–H and O–H groups in total. The second-order valence-electron chi connectivity index (χ2n) is 7.48. The molecule has 3 nitrogen and oxygen atoms in total. The first-order valence-electron chi connectivity index (χ1n) is 7.89. The molecule has 0 spiro atoms. The van der Waals surface area contributed by atoms with Crippen LogP contribution >= 0.6 is 0 Å². The third kappa shape index (κ3) is 2.42. The average Bonchev–Trinajstić information content (AvgIpc) is 2.24. The van der Waals surface area contributed by atoms with E-state index in [9.17, 15) is 9.90 Å². The average molecular weight is 266 g/mol. The van der Waals surface area contributed by atoms with Crippen LogP contribution in [0.25, 0.3) is 0 Å². The van der Waals surface area contributed by atoms with Gasteiger partial charge in [0.2, 0.25) is 0 Å². The number of rotatable bonds is 4. The molecule has 4 rings (SSSR count). The maximum Gasteiger partial charge on any atom is 0.309 e. The lowest BCUT2D eigenvalue weighted by Gasteiger charge is -2.59. The van der Waals surface area contributed by atoms with Gasteiger partial charge in [0, 0.05) is 6.42 Å². The Morgan fingerprint density at radius 3 is 2.47 bits per heavy atom. The summed E-state index contributed by atoms with van der Waals surface area (Å²) in [5.74, 6) is 1.08. The minimum absolute atomic E-state index is 0.00681. The van der Waals surface area contributed by atoms with Crippen molar-refractivity contribution in [2.24, 2.45) is 17.8 Å². The fraction of sp³-hybridized carbons (Fsp3) is 0.938. The van der Waals surface area contributed by atoms with Crippen LogP contribution in [0.2, 0.25) is 0 Å². The number of carbonyl (C=O) groups excluding carboxylic acids is 1. The number of ether oxygens (including phenoxy) is 1. The van der Waals surface area contributed by atoms with Crippen LogP contribution in [0.1, 0.15) is 65.2 Å². The van der Waals surface area contributed by atoms with Gasteiger partial charge < -0.3 is 9.84 Å². The van der Waals surface area contributed by atoms with E-state index in [4.69, 9.17) is 4.74 Å². The van der Waals surface area contributed by atoms with Crippen molar-refractivity contribution in [3.63, 3.8) is 0 Å². The van der Waals surface area contributed by atoms with Crippen molar-refractivity contribution < 1.29 is 14.6 Å². The van der Waals surface area contributed by atoms with Gasteiger partial charge in [0.25, 0.3) is 0 Å². The van der Waals surface area contributed by atoms with Crippen molar-refractivity contribution >= 4 is 5.97 Å². The van der Waals surface area contributed by atoms with Crippen molar-refractivity contribution in [3.8, 4) is 0 Å². The second-order valence-corrected chi connectivity index (χ2v) is 7.48. The van der Waals surface area contributed by atoms with Crippen molar-refractivity contribution in [2.45, 2.75) is 76.4 Å². The van der Waals surface area contributed by atoms with Crippen LogP contribution in [0.5, 0.6) is 0 Å². The van der Waals surface area contributed by atoms with Crippen LogP contribution in [0.4, 0.5) is 0 Å². The Balaban J connectivity index is 1.72. The van der Waals surface area contributed by atoms with Crippen LogP contribution in [0, 0.1) is 17.8 Å². The van der Waals surface area contributed by atoms with Crippen LogP contribution in [0.15, 0.2) is 0 Å². The molecule has 0 aliphatic heterocycles. The lowest BCUT2D eigenvalue weighted by molar-refractivity contribution is -0.222. The highest BCUT2D eigenvalue weighted by Gasteiger charge is 2.59. The monoisotopic (exact) mass is 266 g/mol. The zero-order valence-electron chi connectivity index (χ0n) is 12.2. The predicted molar refractivity (Wildman–Crippen MR) is 72.5 cm³/mol. The maximum atomic E-state index is 12.2. The Hall–Kier alpha value is -0.570. The number of hydrogen-bond acceptors (Lipinski definition) is 3. The van der Waals surface area contributed by atoms with Gasteiger partial charge in [0.15, 0.2) is 0 Å². The Morgan fingerprint density at radius 2 is 1.95 bits per heavy atom. The number of carbonyl (C=O) groups is 1. The normalized spacial score (nSPS) is 45.2. The van der Waals surface area contributed by atoms with Crippen molar-refractivity contribution in [3.05, 3.63) is 0 Å². The Labute approximate surface area is 115 Å². The summed E-state index contributed by atoms with van der Waals surface area (Å²) in [4.78, 5) is 12.2. The molecule has 0 aromatic heterocycles. The highest BCUT2D eigenvalue weighted by molar-refractivity contribution is 5.72. The van der Waals surface area contributed by atoms with E-state index in [0.717, 1.165) is 38.5 Å². The van der Waals surface area contributed by atoms with Gasteiger partial charge >= 0.3 is 5.97 Å². The smallest absolute Gasteiger partial charge is 0.309 e. The van der Waals surface area contributed by atoms with Gasteiger partial charge in [-0.2, -0.15) is 0 Å². The molecule has 4 aliphatic rings. The molecule has 4 bridgehead atoms. The van der Waals surface area contributed by atoms with Crippen LogP contribution < -0.4 is 0 Å². The lowest BCUT2D eigenvalue weighted by Crippen LogP contribution is -2.60. The van der Waals surface area contributed by atoms with E-state index in [2.05, 4.69) is 6.92 Å². The topological polar surface area (TPSA) is 46.5 Å². The maximum absolute atomic E-state index is 12.2. The predicted octanol–water partition coefficient (Wildman–Crippen LogP) is 3.05. The molecular formula is C16H26O3. The molecule has 19 heavy (non-hydrogen) atoms. The Morgan fingerprint density at radius 1 is 1.32 bits per heavy atom. The fourth-order valence-electron chi connectivity index (χ4n) is 5.12. The van der Waals surface area contributed by atoms with Gasteiger partial charge in [-0.15, -0.1) is 0 Å². The summed E-state index contributed by atoms with van der Waals surface area (Å²) in [5.41, 5.74) is -0.879. The van der Waals surface area contributed by atoms with E-state index in [0.29, 0.717) is 18.3 Å².